The fraction of sp³-hybridized carbons (Fsp3) is 0.526. The maximum Gasteiger partial charge on any atom is 0.322 e. The van der Waals surface area contributed by atoms with Gasteiger partial charge in [-0.2, -0.15) is 0 Å². The highest BCUT2D eigenvalue weighted by molar-refractivity contribution is 6.07. The average molecular weight is 391 g/mol. The summed E-state index contributed by atoms with van der Waals surface area (Å²) < 4.78 is 13.0. The van der Waals surface area contributed by atoms with Crippen molar-refractivity contribution in [3.05, 3.63) is 35.6 Å². The summed E-state index contributed by atoms with van der Waals surface area (Å²) in [6.07, 6.45) is 0.669. The molecule has 2 heterocycles. The predicted molar refractivity (Wildman–Crippen MR) is 102 cm³/mol. The van der Waals surface area contributed by atoms with Crippen LogP contribution in [0.5, 0.6) is 0 Å². The van der Waals surface area contributed by atoms with E-state index in [1.165, 1.54) is 12.1 Å². The third-order valence-electron chi connectivity index (χ3n) is 5.60. The van der Waals surface area contributed by atoms with Crippen LogP contribution in [0, 0.1) is 11.7 Å². The Balaban J connectivity index is 1.53. The van der Waals surface area contributed by atoms with E-state index in [9.17, 15) is 19.1 Å². The molecule has 2 fully saturated rings. The number of piperidine rings is 1. The lowest BCUT2D eigenvalue weighted by Gasteiger charge is -2.39. The van der Waals surface area contributed by atoms with E-state index in [-0.39, 0.29) is 24.2 Å². The van der Waals surface area contributed by atoms with Crippen LogP contribution in [0.4, 0.5) is 9.18 Å². The maximum atomic E-state index is 13.0. The second-order valence-corrected chi connectivity index (χ2v) is 7.37. The van der Waals surface area contributed by atoms with Gasteiger partial charge in [0, 0.05) is 26.7 Å². The smallest absolute Gasteiger partial charge is 0.322 e. The van der Waals surface area contributed by atoms with Crippen molar-refractivity contribution in [2.24, 2.45) is 10.9 Å². The van der Waals surface area contributed by atoms with Gasteiger partial charge in [-0.3, -0.25) is 15.1 Å². The molecule has 8 nitrogen and oxygen atoms in total. The summed E-state index contributed by atoms with van der Waals surface area (Å²) in [6.45, 7) is 3.36. The Hall–Kier alpha value is -2.68. The van der Waals surface area contributed by atoms with Crippen molar-refractivity contribution in [2.75, 3.05) is 26.7 Å². The van der Waals surface area contributed by atoms with Crippen LogP contribution in [0.15, 0.2) is 29.3 Å². The maximum absolute atomic E-state index is 13.0. The van der Waals surface area contributed by atoms with Crippen molar-refractivity contribution in [3.8, 4) is 0 Å². The minimum Gasteiger partial charge on any atom is -0.387 e. The molecule has 0 saturated carbocycles. The molecular formula is C19H26FN5O3. The van der Waals surface area contributed by atoms with Crippen LogP contribution in [0.1, 0.15) is 31.4 Å². The highest BCUT2D eigenvalue weighted by Gasteiger charge is 2.48. The van der Waals surface area contributed by atoms with Crippen LogP contribution >= 0.6 is 0 Å². The number of likely N-dealkylation sites (tertiary alicyclic amines) is 1. The second kappa shape index (κ2) is 8.14. The Kier molecular flexibility index (Phi) is 5.83. The van der Waals surface area contributed by atoms with Crippen molar-refractivity contribution in [1.29, 1.82) is 0 Å². The first-order valence-electron chi connectivity index (χ1n) is 9.36. The number of imide groups is 1. The van der Waals surface area contributed by atoms with Gasteiger partial charge in [0.15, 0.2) is 5.96 Å². The number of halogens is 1. The summed E-state index contributed by atoms with van der Waals surface area (Å²) in [5.74, 6) is 0.0760. The molecule has 1 aromatic carbocycles. The van der Waals surface area contributed by atoms with E-state index in [0.29, 0.717) is 24.6 Å². The number of nitrogens with zero attached hydrogens (tertiary/aromatic N) is 2. The molecule has 0 spiro atoms. The number of nitrogens with one attached hydrogen (secondary N) is 3. The molecular weight excluding hydrogens is 365 g/mol. The van der Waals surface area contributed by atoms with E-state index in [2.05, 4.69) is 25.8 Å². The van der Waals surface area contributed by atoms with E-state index in [4.69, 9.17) is 0 Å². The minimum atomic E-state index is -0.876. The Labute approximate surface area is 163 Å². The lowest BCUT2D eigenvalue weighted by Crippen LogP contribution is -2.55. The summed E-state index contributed by atoms with van der Waals surface area (Å²) in [5.41, 5.74) is -0.252. The number of carbonyl (C=O) groups is 2. The third-order valence-corrected chi connectivity index (χ3v) is 5.60. The summed E-state index contributed by atoms with van der Waals surface area (Å²) in [5, 5.41) is 18.5. The Morgan fingerprint density at radius 3 is 2.54 bits per heavy atom. The second-order valence-electron chi connectivity index (χ2n) is 7.37. The number of urea groups is 1. The van der Waals surface area contributed by atoms with Gasteiger partial charge in [0.1, 0.15) is 11.4 Å². The molecule has 4 N–H and O–H groups in total. The number of carbonyl (C=O) groups excluding carboxylic acids is 2. The highest BCUT2D eigenvalue weighted by Crippen LogP contribution is 2.30. The van der Waals surface area contributed by atoms with Gasteiger partial charge < -0.3 is 20.6 Å². The van der Waals surface area contributed by atoms with Crippen LogP contribution < -0.4 is 16.0 Å². The lowest BCUT2D eigenvalue weighted by atomic mass is 9.79. The molecule has 0 aliphatic carbocycles. The molecule has 2 aliphatic rings. The molecule has 3 rings (SSSR count). The van der Waals surface area contributed by atoms with Gasteiger partial charge in [-0.05, 0) is 43.4 Å². The Morgan fingerprint density at radius 2 is 2.00 bits per heavy atom. The SMILES string of the molecule is CN=C(NCC(O)c1ccc(F)cc1)N1CCC(C2(C)NC(=O)NC2=O)CC1. The summed E-state index contributed by atoms with van der Waals surface area (Å²) in [4.78, 5) is 29.9. The quantitative estimate of drug-likeness (QED) is 0.344. The number of hydrogen-bond acceptors (Lipinski definition) is 4. The van der Waals surface area contributed by atoms with Crippen molar-refractivity contribution >= 4 is 17.9 Å². The van der Waals surface area contributed by atoms with Gasteiger partial charge in [-0.1, -0.05) is 12.1 Å². The van der Waals surface area contributed by atoms with Crippen LogP contribution in [-0.4, -0.2) is 60.1 Å². The van der Waals surface area contributed by atoms with Crippen LogP contribution in [0.3, 0.4) is 0 Å². The van der Waals surface area contributed by atoms with Crippen molar-refractivity contribution in [2.45, 2.75) is 31.4 Å². The zero-order chi connectivity index (χ0) is 20.3. The number of aliphatic hydroxyl groups excluding tert-OH is 1. The summed E-state index contributed by atoms with van der Waals surface area (Å²) in [6, 6.07) is 5.30. The number of aliphatic hydroxyl groups is 1. The monoisotopic (exact) mass is 391 g/mol. The molecule has 2 unspecified atom stereocenters. The normalized spacial score (nSPS) is 24.7. The molecule has 1 aromatic rings. The molecule has 28 heavy (non-hydrogen) atoms. The standard InChI is InChI=1S/C19H26FN5O3/c1-19(16(27)23-18(28)24-19)13-7-9-25(10-8-13)17(21-2)22-11-15(26)12-3-5-14(20)6-4-12/h3-6,13,15,26H,7-11H2,1-2H3,(H,21,22)(H2,23,24,27,28). The first-order chi connectivity index (χ1) is 13.3. The first-order valence-corrected chi connectivity index (χ1v) is 9.36. The van der Waals surface area contributed by atoms with E-state index in [0.717, 1.165) is 12.8 Å². The third kappa shape index (κ3) is 4.09. The molecule has 9 heteroatoms. The van der Waals surface area contributed by atoms with Crippen molar-refractivity contribution in [1.82, 2.24) is 20.9 Å². The number of guanidine groups is 1. The van der Waals surface area contributed by atoms with Gasteiger partial charge in [-0.25, -0.2) is 9.18 Å². The van der Waals surface area contributed by atoms with Crippen molar-refractivity contribution in [3.63, 3.8) is 0 Å². The predicted octanol–water partition coefficient (Wildman–Crippen LogP) is 0.745. The Bertz CT molecular complexity index is 761. The topological polar surface area (TPSA) is 106 Å². The van der Waals surface area contributed by atoms with Gasteiger partial charge in [0.05, 0.1) is 6.10 Å². The van der Waals surface area contributed by atoms with Crippen LogP contribution in [-0.2, 0) is 4.79 Å². The molecule has 0 bridgehead atoms. The highest BCUT2D eigenvalue weighted by atomic mass is 19.1. The van der Waals surface area contributed by atoms with Gasteiger partial charge in [0.25, 0.3) is 5.91 Å². The molecule has 152 valence electrons. The summed E-state index contributed by atoms with van der Waals surface area (Å²) in [7, 11) is 1.67. The first kappa shape index (κ1) is 20.1. The fourth-order valence-corrected chi connectivity index (χ4v) is 3.84. The average Bonchev–Trinajstić information content (AvgIpc) is 2.95. The van der Waals surface area contributed by atoms with Gasteiger partial charge in [-0.15, -0.1) is 0 Å². The number of rotatable bonds is 4. The Morgan fingerprint density at radius 1 is 1.36 bits per heavy atom. The molecule has 2 atom stereocenters. The van der Waals surface area contributed by atoms with Gasteiger partial charge >= 0.3 is 6.03 Å². The fourth-order valence-electron chi connectivity index (χ4n) is 3.84. The largest absolute Gasteiger partial charge is 0.387 e. The van der Waals surface area contributed by atoms with E-state index in [1.807, 2.05) is 0 Å². The minimum absolute atomic E-state index is 0.0399. The molecule has 2 aliphatic heterocycles. The molecule has 0 radical (unpaired) electrons. The number of benzene rings is 1. The number of aliphatic imine (C=N–C) groups is 1. The number of hydrogen-bond donors (Lipinski definition) is 4. The van der Waals surface area contributed by atoms with E-state index in [1.54, 1.807) is 26.1 Å². The van der Waals surface area contributed by atoms with Gasteiger partial charge in [0.2, 0.25) is 0 Å². The van der Waals surface area contributed by atoms with E-state index >= 15 is 0 Å². The lowest BCUT2D eigenvalue weighted by molar-refractivity contribution is -0.125. The van der Waals surface area contributed by atoms with Crippen LogP contribution in [0.25, 0.3) is 0 Å². The van der Waals surface area contributed by atoms with E-state index < -0.39 is 17.7 Å². The zero-order valence-electron chi connectivity index (χ0n) is 16.0. The zero-order valence-corrected chi connectivity index (χ0v) is 16.0. The molecule has 2 saturated heterocycles. The molecule has 0 aromatic heterocycles. The summed E-state index contributed by atoms with van der Waals surface area (Å²) >= 11 is 0. The van der Waals surface area contributed by atoms with Crippen molar-refractivity contribution < 1.29 is 19.1 Å². The molecule has 3 amide bonds. The number of amides is 3. The van der Waals surface area contributed by atoms with Crippen LogP contribution in [0.2, 0.25) is 0 Å².